The van der Waals surface area contributed by atoms with Gasteiger partial charge in [0.2, 0.25) is 11.8 Å². The highest BCUT2D eigenvalue weighted by molar-refractivity contribution is 5.84. The number of benzene rings is 2. The summed E-state index contributed by atoms with van der Waals surface area (Å²) in [7, 11) is 1.68. The minimum atomic E-state index is -0.232. The van der Waals surface area contributed by atoms with Crippen LogP contribution in [0.3, 0.4) is 0 Å². The van der Waals surface area contributed by atoms with Gasteiger partial charge in [0.25, 0.3) is 0 Å². The zero-order chi connectivity index (χ0) is 22.5. The monoisotopic (exact) mass is 434 g/mol. The van der Waals surface area contributed by atoms with Crippen molar-refractivity contribution in [3.63, 3.8) is 0 Å². The van der Waals surface area contributed by atoms with Gasteiger partial charge in [-0.3, -0.25) is 9.59 Å². The lowest BCUT2D eigenvalue weighted by atomic mass is 9.84. The summed E-state index contributed by atoms with van der Waals surface area (Å²) in [4.78, 5) is 30.5. The average molecular weight is 435 g/mol. The summed E-state index contributed by atoms with van der Waals surface area (Å²) in [5.41, 5.74) is 3.23. The van der Waals surface area contributed by atoms with Gasteiger partial charge in [0.15, 0.2) is 0 Å². The van der Waals surface area contributed by atoms with Crippen molar-refractivity contribution in [2.75, 3.05) is 33.3 Å². The van der Waals surface area contributed by atoms with Crippen molar-refractivity contribution >= 4 is 11.8 Å². The first kappa shape index (κ1) is 22.4. The molecule has 2 aromatic rings. The van der Waals surface area contributed by atoms with Gasteiger partial charge in [-0.1, -0.05) is 55.8 Å². The van der Waals surface area contributed by atoms with E-state index in [0.29, 0.717) is 26.1 Å². The van der Waals surface area contributed by atoms with Gasteiger partial charge >= 0.3 is 0 Å². The summed E-state index contributed by atoms with van der Waals surface area (Å²) >= 11 is 0. The Morgan fingerprint density at radius 2 is 1.75 bits per heavy atom. The van der Waals surface area contributed by atoms with Gasteiger partial charge in [0, 0.05) is 37.7 Å². The van der Waals surface area contributed by atoms with Crippen LogP contribution < -0.4 is 4.74 Å². The van der Waals surface area contributed by atoms with Crippen molar-refractivity contribution < 1.29 is 14.3 Å². The van der Waals surface area contributed by atoms with Gasteiger partial charge < -0.3 is 14.5 Å². The standard InChI is InChI=1S/C27H34N2O3/c1-3-15-28-16-17-29(26(30)20-10-8-11-20)19-22(27(28)31)18-21-9-4-5-12-23(21)24-13-6-7-14-25(24)32-2/h4-7,9,12-14,20,22H,3,8,10-11,15-19H2,1-2H3/t22-/m0/s1. The number of carbonyl (C=O) groups excluding carboxylic acids is 2. The predicted molar refractivity (Wildman–Crippen MR) is 126 cm³/mol. The van der Waals surface area contributed by atoms with Crippen molar-refractivity contribution in [3.8, 4) is 16.9 Å². The second-order valence-corrected chi connectivity index (χ2v) is 9.00. The van der Waals surface area contributed by atoms with Crippen LogP contribution in [0.5, 0.6) is 5.75 Å². The predicted octanol–water partition coefficient (Wildman–Crippen LogP) is 4.40. The van der Waals surface area contributed by atoms with E-state index in [2.05, 4.69) is 25.1 Å². The van der Waals surface area contributed by atoms with E-state index in [-0.39, 0.29) is 23.7 Å². The second-order valence-electron chi connectivity index (χ2n) is 9.00. The fraction of sp³-hybridized carbons (Fsp3) is 0.481. The molecule has 5 heteroatoms. The van der Waals surface area contributed by atoms with Crippen molar-refractivity contribution in [1.29, 1.82) is 0 Å². The molecule has 2 amide bonds. The highest BCUT2D eigenvalue weighted by Crippen LogP contribution is 2.34. The number of para-hydroxylation sites is 1. The smallest absolute Gasteiger partial charge is 0.227 e. The molecular formula is C27H34N2O3. The molecule has 1 atom stereocenters. The summed E-state index contributed by atoms with van der Waals surface area (Å²) in [5, 5.41) is 0. The number of ether oxygens (including phenoxy) is 1. The van der Waals surface area contributed by atoms with Crippen LogP contribution in [0.4, 0.5) is 0 Å². The largest absolute Gasteiger partial charge is 0.496 e. The Morgan fingerprint density at radius 1 is 1.03 bits per heavy atom. The molecule has 4 rings (SSSR count). The number of carbonyl (C=O) groups is 2. The fourth-order valence-corrected chi connectivity index (χ4v) is 4.90. The maximum Gasteiger partial charge on any atom is 0.227 e. The first-order valence-corrected chi connectivity index (χ1v) is 11.9. The topological polar surface area (TPSA) is 49.9 Å². The lowest BCUT2D eigenvalue weighted by Gasteiger charge is -2.32. The second kappa shape index (κ2) is 10.2. The fourth-order valence-electron chi connectivity index (χ4n) is 4.90. The quantitative estimate of drug-likeness (QED) is 0.649. The van der Waals surface area contributed by atoms with Gasteiger partial charge in [-0.2, -0.15) is 0 Å². The molecule has 2 fully saturated rings. The third kappa shape index (κ3) is 4.67. The Morgan fingerprint density at radius 3 is 2.44 bits per heavy atom. The Bertz CT molecular complexity index is 953. The number of hydrogen-bond acceptors (Lipinski definition) is 3. The summed E-state index contributed by atoms with van der Waals surface area (Å²) in [6.45, 7) is 4.63. The van der Waals surface area contributed by atoms with Crippen LogP contribution in [-0.2, 0) is 16.0 Å². The molecule has 1 saturated carbocycles. The lowest BCUT2D eigenvalue weighted by molar-refractivity contribution is -0.138. The highest BCUT2D eigenvalue weighted by Gasteiger charge is 2.36. The van der Waals surface area contributed by atoms with E-state index < -0.39 is 0 Å². The molecule has 170 valence electrons. The lowest BCUT2D eigenvalue weighted by Crippen LogP contribution is -2.42. The Kier molecular flexibility index (Phi) is 7.13. The maximum atomic E-state index is 13.5. The summed E-state index contributed by atoms with van der Waals surface area (Å²) in [6, 6.07) is 16.2. The number of hydrogen-bond donors (Lipinski definition) is 0. The van der Waals surface area contributed by atoms with Crippen LogP contribution in [0.1, 0.15) is 38.2 Å². The minimum absolute atomic E-state index is 0.157. The van der Waals surface area contributed by atoms with E-state index in [1.165, 1.54) is 0 Å². The molecule has 1 heterocycles. The molecule has 32 heavy (non-hydrogen) atoms. The molecule has 0 spiro atoms. The van der Waals surface area contributed by atoms with Gasteiger partial charge in [-0.15, -0.1) is 0 Å². The zero-order valence-electron chi connectivity index (χ0n) is 19.3. The first-order valence-electron chi connectivity index (χ1n) is 11.9. The molecule has 2 aromatic carbocycles. The molecule has 0 N–H and O–H groups in total. The molecule has 0 radical (unpaired) electrons. The Hall–Kier alpha value is -2.82. The van der Waals surface area contributed by atoms with Crippen LogP contribution in [0.2, 0.25) is 0 Å². The molecular weight excluding hydrogens is 400 g/mol. The molecule has 0 aromatic heterocycles. The molecule has 1 saturated heterocycles. The van der Waals surface area contributed by atoms with Crippen LogP contribution >= 0.6 is 0 Å². The SMILES string of the molecule is CCCN1CCN(C(=O)C2CCC2)C[C@H](Cc2ccccc2-c2ccccc2OC)C1=O. The molecule has 1 aliphatic heterocycles. The number of methoxy groups -OCH3 is 1. The van der Waals surface area contributed by atoms with Crippen molar-refractivity contribution in [3.05, 3.63) is 54.1 Å². The van der Waals surface area contributed by atoms with Crippen molar-refractivity contribution in [2.45, 2.75) is 39.0 Å². The van der Waals surface area contributed by atoms with Crippen LogP contribution in [0.15, 0.2) is 48.5 Å². The maximum absolute atomic E-state index is 13.5. The summed E-state index contributed by atoms with van der Waals surface area (Å²) in [5.74, 6) is 1.16. The summed E-state index contributed by atoms with van der Waals surface area (Å²) < 4.78 is 5.60. The van der Waals surface area contributed by atoms with Crippen molar-refractivity contribution in [2.24, 2.45) is 11.8 Å². The minimum Gasteiger partial charge on any atom is -0.496 e. The molecule has 0 bridgehead atoms. The highest BCUT2D eigenvalue weighted by atomic mass is 16.5. The number of rotatable bonds is 7. The molecule has 2 aliphatic rings. The zero-order valence-corrected chi connectivity index (χ0v) is 19.3. The van der Waals surface area contributed by atoms with E-state index >= 15 is 0 Å². The van der Waals surface area contributed by atoms with E-state index in [1.54, 1.807) is 7.11 Å². The van der Waals surface area contributed by atoms with Gasteiger partial charge in [0.1, 0.15) is 5.75 Å². The van der Waals surface area contributed by atoms with Gasteiger partial charge in [-0.05, 0) is 42.9 Å². The van der Waals surface area contributed by atoms with E-state index in [0.717, 1.165) is 54.7 Å². The molecule has 0 unspecified atom stereocenters. The van der Waals surface area contributed by atoms with Crippen LogP contribution in [0, 0.1) is 11.8 Å². The normalized spacial score (nSPS) is 19.4. The Labute approximate surface area is 191 Å². The van der Waals surface area contributed by atoms with Gasteiger partial charge in [-0.25, -0.2) is 0 Å². The third-order valence-electron chi connectivity index (χ3n) is 6.88. The number of nitrogens with zero attached hydrogens (tertiary/aromatic N) is 2. The van der Waals surface area contributed by atoms with Crippen LogP contribution in [0.25, 0.3) is 11.1 Å². The third-order valence-corrected chi connectivity index (χ3v) is 6.88. The Balaban J connectivity index is 1.63. The van der Waals surface area contributed by atoms with E-state index in [9.17, 15) is 9.59 Å². The first-order chi connectivity index (χ1) is 15.6. The molecule has 1 aliphatic carbocycles. The molecule has 5 nitrogen and oxygen atoms in total. The van der Waals surface area contributed by atoms with E-state index in [1.807, 2.05) is 40.1 Å². The summed E-state index contributed by atoms with van der Waals surface area (Å²) in [6.07, 6.45) is 4.65. The number of amides is 2. The van der Waals surface area contributed by atoms with Gasteiger partial charge in [0.05, 0.1) is 13.0 Å². The van der Waals surface area contributed by atoms with Crippen LogP contribution in [-0.4, -0.2) is 54.9 Å². The van der Waals surface area contributed by atoms with Crippen molar-refractivity contribution in [1.82, 2.24) is 9.80 Å². The van der Waals surface area contributed by atoms with E-state index in [4.69, 9.17) is 4.74 Å². The average Bonchev–Trinajstić information content (AvgIpc) is 2.93.